The molecule has 0 unspecified atom stereocenters. The minimum absolute atomic E-state index is 0.00273. The maximum atomic E-state index is 13.1. The lowest BCUT2D eigenvalue weighted by atomic mass is 10.1. The van der Waals surface area contributed by atoms with Gasteiger partial charge in [-0.15, -0.1) is 0 Å². The maximum Gasteiger partial charge on any atom is 0.270 e. The first-order valence-electron chi connectivity index (χ1n) is 9.95. The van der Waals surface area contributed by atoms with Gasteiger partial charge in [0.05, 0.1) is 21.8 Å². The molecule has 9 heteroatoms. The van der Waals surface area contributed by atoms with E-state index in [9.17, 15) is 14.9 Å². The van der Waals surface area contributed by atoms with Gasteiger partial charge in [-0.1, -0.05) is 35.9 Å². The second kappa shape index (κ2) is 10.2. The molecule has 0 radical (unpaired) electrons. The van der Waals surface area contributed by atoms with Crippen molar-refractivity contribution in [1.29, 1.82) is 5.26 Å². The highest BCUT2D eigenvalue weighted by molar-refractivity contribution is 9.10. The zero-order valence-electron chi connectivity index (χ0n) is 17.4. The van der Waals surface area contributed by atoms with Crippen molar-refractivity contribution >= 4 is 68.4 Å². The van der Waals surface area contributed by atoms with E-state index < -0.39 is 11.8 Å². The second-order valence-electron chi connectivity index (χ2n) is 7.18. The highest BCUT2D eigenvalue weighted by Gasteiger charge is 2.34. The molecule has 6 nitrogen and oxygen atoms in total. The zero-order chi connectivity index (χ0) is 24.2. The number of nitriles is 1. The third-order valence-electron chi connectivity index (χ3n) is 4.97. The number of rotatable bonds is 5. The first-order valence-corrected chi connectivity index (χ1v) is 11.5. The predicted octanol–water partition coefficient (Wildman–Crippen LogP) is 5.38. The standard InChI is InChI=1S/C25H15BrClN3O3S/c26-21-12-15(5-10-22(21)33-14-17-4-2-1-3-16(17)13-28)11-20-23(31)29-25(34)30(24(20)32)19-8-6-18(27)7-9-19/h1-12H,14H2,(H,29,31,34)/b20-11+. The van der Waals surface area contributed by atoms with E-state index in [1.165, 1.54) is 11.0 Å². The Balaban J connectivity index is 1.56. The number of nitrogens with zero attached hydrogens (tertiary/aromatic N) is 2. The van der Waals surface area contributed by atoms with E-state index in [2.05, 4.69) is 27.3 Å². The zero-order valence-corrected chi connectivity index (χ0v) is 20.6. The lowest BCUT2D eigenvalue weighted by Gasteiger charge is -2.29. The Morgan fingerprint density at radius 1 is 1.12 bits per heavy atom. The molecule has 0 saturated carbocycles. The molecule has 0 aliphatic carbocycles. The average Bonchev–Trinajstić information content (AvgIpc) is 2.82. The van der Waals surface area contributed by atoms with Crippen LogP contribution in [0.1, 0.15) is 16.7 Å². The third-order valence-corrected chi connectivity index (χ3v) is 6.13. The van der Waals surface area contributed by atoms with Crippen molar-refractivity contribution in [2.24, 2.45) is 0 Å². The number of nitrogens with one attached hydrogen (secondary N) is 1. The van der Waals surface area contributed by atoms with E-state index in [1.807, 2.05) is 12.1 Å². The fraction of sp³-hybridized carbons (Fsp3) is 0.0400. The summed E-state index contributed by atoms with van der Waals surface area (Å²) in [7, 11) is 0. The Hall–Kier alpha value is -3.51. The highest BCUT2D eigenvalue weighted by Crippen LogP contribution is 2.29. The van der Waals surface area contributed by atoms with Crippen LogP contribution in [0.25, 0.3) is 6.08 Å². The van der Waals surface area contributed by atoms with Crippen molar-refractivity contribution in [2.75, 3.05) is 4.90 Å². The molecule has 4 rings (SSSR count). The van der Waals surface area contributed by atoms with Crippen LogP contribution in [-0.2, 0) is 16.2 Å². The summed E-state index contributed by atoms with van der Waals surface area (Å²) in [6, 6.07) is 21.1. The fourth-order valence-corrected chi connectivity index (χ4v) is 4.20. The van der Waals surface area contributed by atoms with Gasteiger partial charge in [-0.05, 0) is 82.3 Å². The Morgan fingerprint density at radius 2 is 1.85 bits per heavy atom. The number of carbonyl (C=O) groups excluding carboxylic acids is 2. The highest BCUT2D eigenvalue weighted by atomic mass is 79.9. The summed E-state index contributed by atoms with van der Waals surface area (Å²) in [5.41, 5.74) is 2.36. The van der Waals surface area contributed by atoms with E-state index >= 15 is 0 Å². The molecule has 1 fully saturated rings. The van der Waals surface area contributed by atoms with E-state index in [0.717, 1.165) is 5.56 Å². The van der Waals surface area contributed by atoms with Gasteiger partial charge in [-0.25, -0.2) is 0 Å². The molecule has 0 atom stereocenters. The molecule has 1 heterocycles. The normalized spacial score (nSPS) is 14.7. The number of carbonyl (C=O) groups is 2. The van der Waals surface area contributed by atoms with E-state index in [-0.39, 0.29) is 17.3 Å². The molecule has 34 heavy (non-hydrogen) atoms. The molecule has 1 aliphatic heterocycles. The van der Waals surface area contributed by atoms with Crippen molar-refractivity contribution in [3.05, 3.63) is 98.5 Å². The molecule has 3 aromatic rings. The van der Waals surface area contributed by atoms with Gasteiger partial charge in [0.2, 0.25) is 0 Å². The lowest BCUT2D eigenvalue weighted by Crippen LogP contribution is -2.54. The molecule has 0 spiro atoms. The van der Waals surface area contributed by atoms with Gasteiger partial charge in [-0.2, -0.15) is 5.26 Å². The number of halogens is 2. The van der Waals surface area contributed by atoms with Gasteiger partial charge in [0.1, 0.15) is 17.9 Å². The van der Waals surface area contributed by atoms with E-state index in [1.54, 1.807) is 54.6 Å². The van der Waals surface area contributed by atoms with Crippen LogP contribution in [0.3, 0.4) is 0 Å². The van der Waals surface area contributed by atoms with Gasteiger partial charge in [-0.3, -0.25) is 19.8 Å². The van der Waals surface area contributed by atoms with Crippen molar-refractivity contribution in [3.8, 4) is 11.8 Å². The lowest BCUT2D eigenvalue weighted by molar-refractivity contribution is -0.122. The van der Waals surface area contributed by atoms with E-state index in [0.29, 0.717) is 32.1 Å². The molecule has 1 N–H and O–H groups in total. The average molecular weight is 553 g/mol. The Bertz CT molecular complexity index is 1380. The Kier molecular flexibility index (Phi) is 7.08. The fourth-order valence-electron chi connectivity index (χ4n) is 3.28. The summed E-state index contributed by atoms with van der Waals surface area (Å²) in [6.45, 7) is 0.219. The van der Waals surface area contributed by atoms with Gasteiger partial charge in [0.15, 0.2) is 5.11 Å². The molecular weight excluding hydrogens is 538 g/mol. The molecular formula is C25H15BrClN3O3S. The van der Waals surface area contributed by atoms with Crippen molar-refractivity contribution in [3.63, 3.8) is 0 Å². The van der Waals surface area contributed by atoms with E-state index in [4.69, 9.17) is 28.6 Å². The van der Waals surface area contributed by atoms with Crippen LogP contribution >= 0.6 is 39.7 Å². The number of amides is 2. The summed E-state index contributed by atoms with van der Waals surface area (Å²) in [6.07, 6.45) is 1.49. The molecule has 0 bridgehead atoms. The Morgan fingerprint density at radius 3 is 2.56 bits per heavy atom. The molecule has 1 aliphatic rings. The van der Waals surface area contributed by atoms with Gasteiger partial charge < -0.3 is 4.74 Å². The SMILES string of the molecule is N#Cc1ccccc1COc1ccc(/C=C2\C(=O)NC(=S)N(c3ccc(Cl)cc3)C2=O)cc1Br. The number of hydrogen-bond donors (Lipinski definition) is 1. The van der Waals surface area contributed by atoms with Crippen LogP contribution in [0.4, 0.5) is 5.69 Å². The summed E-state index contributed by atoms with van der Waals surface area (Å²) < 4.78 is 6.48. The van der Waals surface area contributed by atoms with Crippen LogP contribution in [0.2, 0.25) is 5.02 Å². The summed E-state index contributed by atoms with van der Waals surface area (Å²) >= 11 is 14.6. The number of thiocarbonyl (C=S) groups is 1. The molecule has 1 saturated heterocycles. The number of ether oxygens (including phenoxy) is 1. The van der Waals surface area contributed by atoms with Crippen LogP contribution in [0, 0.1) is 11.3 Å². The topological polar surface area (TPSA) is 82.4 Å². The molecule has 3 aromatic carbocycles. The first-order chi connectivity index (χ1) is 16.4. The van der Waals surface area contributed by atoms with Crippen molar-refractivity contribution < 1.29 is 14.3 Å². The Labute approximate surface area is 214 Å². The summed E-state index contributed by atoms with van der Waals surface area (Å²) in [4.78, 5) is 26.9. The number of benzene rings is 3. The molecule has 0 aromatic heterocycles. The minimum Gasteiger partial charge on any atom is -0.488 e. The number of hydrogen-bond acceptors (Lipinski definition) is 5. The largest absolute Gasteiger partial charge is 0.488 e. The van der Waals surface area contributed by atoms with Crippen molar-refractivity contribution in [1.82, 2.24) is 5.32 Å². The van der Waals surface area contributed by atoms with Crippen LogP contribution in [-0.4, -0.2) is 16.9 Å². The molecule has 168 valence electrons. The molecule has 2 amide bonds. The second-order valence-corrected chi connectivity index (χ2v) is 8.86. The first kappa shape index (κ1) is 23.6. The van der Waals surface area contributed by atoms with Crippen LogP contribution in [0.5, 0.6) is 5.75 Å². The summed E-state index contributed by atoms with van der Waals surface area (Å²) in [5.74, 6) is -0.566. The van der Waals surface area contributed by atoms with Gasteiger partial charge in [0.25, 0.3) is 11.8 Å². The third kappa shape index (κ3) is 5.02. The van der Waals surface area contributed by atoms with Crippen molar-refractivity contribution in [2.45, 2.75) is 6.61 Å². The monoisotopic (exact) mass is 551 g/mol. The number of anilines is 1. The van der Waals surface area contributed by atoms with Crippen LogP contribution < -0.4 is 15.0 Å². The maximum absolute atomic E-state index is 13.1. The van der Waals surface area contributed by atoms with Crippen LogP contribution in [0.15, 0.2) is 76.8 Å². The minimum atomic E-state index is -0.579. The quantitative estimate of drug-likeness (QED) is 0.261. The summed E-state index contributed by atoms with van der Waals surface area (Å²) in [5, 5.41) is 12.3. The van der Waals surface area contributed by atoms with Gasteiger partial charge >= 0.3 is 0 Å². The predicted molar refractivity (Wildman–Crippen MR) is 137 cm³/mol. The smallest absolute Gasteiger partial charge is 0.270 e. The van der Waals surface area contributed by atoms with Gasteiger partial charge in [0, 0.05) is 10.6 Å².